The van der Waals surface area contributed by atoms with E-state index in [0.29, 0.717) is 15.9 Å². The van der Waals surface area contributed by atoms with Crippen LogP contribution in [0.4, 0.5) is 0 Å². The van der Waals surface area contributed by atoms with Gasteiger partial charge in [0, 0.05) is 31.1 Å². The van der Waals surface area contributed by atoms with Gasteiger partial charge >= 0.3 is 0 Å². The second kappa shape index (κ2) is 9.70. The molecule has 10 heteroatoms. The molecule has 32 heavy (non-hydrogen) atoms. The predicted molar refractivity (Wildman–Crippen MR) is 119 cm³/mol. The number of halogens is 1. The molecule has 1 unspecified atom stereocenters. The summed E-state index contributed by atoms with van der Waals surface area (Å²) in [6.45, 7) is 3.61. The Morgan fingerprint density at radius 3 is 2.41 bits per heavy atom. The van der Waals surface area contributed by atoms with Gasteiger partial charge in [-0.25, -0.2) is 12.7 Å². The number of fused-ring (bicyclic) bond motifs is 1. The quantitative estimate of drug-likeness (QED) is 0.628. The molecule has 3 amide bonds. The van der Waals surface area contributed by atoms with Crippen molar-refractivity contribution in [3.63, 3.8) is 0 Å². The van der Waals surface area contributed by atoms with Crippen molar-refractivity contribution in [1.29, 1.82) is 0 Å². The van der Waals surface area contributed by atoms with E-state index in [-0.39, 0.29) is 35.9 Å². The number of rotatable bonds is 8. The topological polar surface area (TPSA) is 104 Å². The van der Waals surface area contributed by atoms with Gasteiger partial charge in [-0.1, -0.05) is 35.9 Å². The first-order valence-corrected chi connectivity index (χ1v) is 12.0. The fourth-order valence-electron chi connectivity index (χ4n) is 3.48. The van der Waals surface area contributed by atoms with Crippen LogP contribution in [0.3, 0.4) is 0 Å². The van der Waals surface area contributed by atoms with Crippen LogP contribution in [-0.2, 0) is 26.2 Å². The minimum absolute atomic E-state index is 0.0637. The lowest BCUT2D eigenvalue weighted by Crippen LogP contribution is -2.48. The summed E-state index contributed by atoms with van der Waals surface area (Å²) in [5.74, 6) is -1.43. The highest BCUT2D eigenvalue weighted by molar-refractivity contribution is 7.90. The number of nitrogens with zero attached hydrogens (tertiary/aromatic N) is 2. The summed E-state index contributed by atoms with van der Waals surface area (Å²) in [4.78, 5) is 39.4. The summed E-state index contributed by atoms with van der Waals surface area (Å²) in [6, 6.07) is 12.0. The molecule has 0 saturated carbocycles. The maximum Gasteiger partial charge on any atom is 0.269 e. The Labute approximate surface area is 192 Å². The van der Waals surface area contributed by atoms with Crippen molar-refractivity contribution in [3.05, 3.63) is 64.7 Å². The smallest absolute Gasteiger partial charge is 0.269 e. The van der Waals surface area contributed by atoms with Crippen LogP contribution in [0.2, 0.25) is 5.02 Å². The maximum absolute atomic E-state index is 13.1. The van der Waals surface area contributed by atoms with E-state index < -0.39 is 27.9 Å². The number of hydrogen-bond donors (Lipinski definition) is 1. The molecule has 1 aliphatic rings. The van der Waals surface area contributed by atoms with E-state index in [1.807, 2.05) is 0 Å². The highest BCUT2D eigenvalue weighted by Crippen LogP contribution is 2.30. The summed E-state index contributed by atoms with van der Waals surface area (Å²) in [7, 11) is -4.01. The highest BCUT2D eigenvalue weighted by Gasteiger charge is 2.41. The van der Waals surface area contributed by atoms with Gasteiger partial charge in [0.25, 0.3) is 15.9 Å². The second-order valence-corrected chi connectivity index (χ2v) is 9.61. The van der Waals surface area contributed by atoms with Crippen molar-refractivity contribution in [2.24, 2.45) is 0 Å². The third-order valence-corrected chi connectivity index (χ3v) is 7.32. The van der Waals surface area contributed by atoms with Crippen LogP contribution in [0.5, 0.6) is 0 Å². The molecule has 0 aromatic heterocycles. The van der Waals surface area contributed by atoms with Gasteiger partial charge in [0.15, 0.2) is 0 Å². The van der Waals surface area contributed by atoms with Crippen molar-refractivity contribution in [1.82, 2.24) is 14.5 Å². The van der Waals surface area contributed by atoms with Crippen LogP contribution in [0, 0.1) is 0 Å². The molecule has 170 valence electrons. The highest BCUT2D eigenvalue weighted by atomic mass is 35.5. The molecule has 1 atom stereocenters. The third-order valence-electron chi connectivity index (χ3n) is 5.23. The number of likely N-dealkylation sites (N-methyl/N-ethyl adjacent to an activating group) is 1. The summed E-state index contributed by atoms with van der Waals surface area (Å²) < 4.78 is 26.2. The summed E-state index contributed by atoms with van der Waals surface area (Å²) >= 11 is 5.93. The van der Waals surface area contributed by atoms with Gasteiger partial charge in [-0.3, -0.25) is 14.4 Å². The van der Waals surface area contributed by atoms with Gasteiger partial charge < -0.3 is 10.2 Å². The number of hydrogen-bond acceptors (Lipinski definition) is 5. The fourth-order valence-corrected chi connectivity index (χ4v) is 5.18. The van der Waals surface area contributed by atoms with Gasteiger partial charge in [0.05, 0.1) is 5.56 Å². The summed E-state index contributed by atoms with van der Waals surface area (Å²) in [6.07, 6.45) is -0.254. The van der Waals surface area contributed by atoms with Crippen LogP contribution in [0.1, 0.15) is 36.2 Å². The van der Waals surface area contributed by atoms with E-state index in [1.54, 1.807) is 50.2 Å². The molecular formula is C22H24ClN3O5S. The van der Waals surface area contributed by atoms with Crippen molar-refractivity contribution < 1.29 is 22.8 Å². The van der Waals surface area contributed by atoms with E-state index in [2.05, 4.69) is 5.32 Å². The zero-order valence-corrected chi connectivity index (χ0v) is 19.3. The first-order valence-electron chi connectivity index (χ1n) is 10.1. The molecule has 0 aliphatic carbocycles. The van der Waals surface area contributed by atoms with Crippen LogP contribution >= 0.6 is 11.6 Å². The van der Waals surface area contributed by atoms with Gasteiger partial charge in [0.1, 0.15) is 10.9 Å². The lowest BCUT2D eigenvalue weighted by molar-refractivity contribution is -0.140. The van der Waals surface area contributed by atoms with Crippen LogP contribution in [0.15, 0.2) is 53.4 Å². The van der Waals surface area contributed by atoms with Crippen molar-refractivity contribution >= 4 is 39.3 Å². The van der Waals surface area contributed by atoms with Crippen molar-refractivity contribution in [2.45, 2.75) is 37.8 Å². The van der Waals surface area contributed by atoms with E-state index in [9.17, 15) is 22.8 Å². The van der Waals surface area contributed by atoms with Crippen molar-refractivity contribution in [2.75, 3.05) is 13.1 Å². The van der Waals surface area contributed by atoms with Gasteiger partial charge in [-0.05, 0) is 43.7 Å². The Hall–Kier alpha value is -2.91. The predicted octanol–water partition coefficient (Wildman–Crippen LogP) is 2.43. The largest absolute Gasteiger partial charge is 0.355 e. The third kappa shape index (κ3) is 4.78. The standard InChI is InChI=1S/C22H24ClN3O5S/c1-3-24-21(28)15(2)25(14-16-8-10-17(23)11-9-16)20(27)12-13-26-22(29)18-6-4-5-7-19(18)32(26,30)31/h4-11,15H,3,12-14H2,1-2H3,(H,24,28). The van der Waals surface area contributed by atoms with Gasteiger partial charge in [0.2, 0.25) is 11.8 Å². The summed E-state index contributed by atoms with van der Waals surface area (Å²) in [5, 5.41) is 3.23. The number of nitrogens with one attached hydrogen (secondary N) is 1. The Balaban J connectivity index is 1.78. The molecule has 0 fully saturated rings. The Morgan fingerprint density at radius 1 is 1.12 bits per heavy atom. The first kappa shape index (κ1) is 23.7. The Morgan fingerprint density at radius 2 is 1.78 bits per heavy atom. The normalized spacial score (nSPS) is 15.2. The number of amides is 3. The molecule has 1 N–H and O–H groups in total. The average Bonchev–Trinajstić information content (AvgIpc) is 2.97. The Bertz CT molecular complexity index is 1130. The number of carbonyl (C=O) groups excluding carboxylic acids is 3. The lowest BCUT2D eigenvalue weighted by Gasteiger charge is -2.29. The molecule has 1 heterocycles. The lowest BCUT2D eigenvalue weighted by atomic mass is 10.1. The van der Waals surface area contributed by atoms with Crippen LogP contribution in [0.25, 0.3) is 0 Å². The molecule has 0 bridgehead atoms. The second-order valence-electron chi connectivity index (χ2n) is 7.35. The van der Waals surface area contributed by atoms with Gasteiger partial charge in [-0.2, -0.15) is 0 Å². The van der Waals surface area contributed by atoms with Crippen LogP contribution in [-0.4, -0.2) is 54.5 Å². The van der Waals surface area contributed by atoms with Gasteiger partial charge in [-0.15, -0.1) is 0 Å². The molecule has 0 spiro atoms. The van der Waals surface area contributed by atoms with E-state index in [1.165, 1.54) is 17.0 Å². The zero-order valence-electron chi connectivity index (χ0n) is 17.7. The molecular weight excluding hydrogens is 454 g/mol. The molecule has 2 aromatic rings. The molecule has 3 rings (SSSR count). The molecule has 0 saturated heterocycles. The molecule has 0 radical (unpaired) electrons. The van der Waals surface area contributed by atoms with E-state index >= 15 is 0 Å². The minimum Gasteiger partial charge on any atom is -0.355 e. The molecule has 1 aliphatic heterocycles. The zero-order chi connectivity index (χ0) is 23.5. The van der Waals surface area contributed by atoms with E-state index in [0.717, 1.165) is 5.56 Å². The van der Waals surface area contributed by atoms with E-state index in [4.69, 9.17) is 11.6 Å². The molecule has 2 aromatic carbocycles. The van der Waals surface area contributed by atoms with Crippen LogP contribution < -0.4 is 5.32 Å². The number of sulfonamides is 1. The average molecular weight is 478 g/mol. The number of benzene rings is 2. The molecule has 8 nitrogen and oxygen atoms in total. The SMILES string of the molecule is CCNC(=O)C(C)N(Cc1ccc(Cl)cc1)C(=O)CCN1C(=O)c2ccccc2S1(=O)=O. The first-order chi connectivity index (χ1) is 15.2. The fraction of sp³-hybridized carbons (Fsp3) is 0.318. The summed E-state index contributed by atoms with van der Waals surface area (Å²) in [5.41, 5.74) is 0.852. The maximum atomic E-state index is 13.1. The van der Waals surface area contributed by atoms with Crippen molar-refractivity contribution in [3.8, 4) is 0 Å². The minimum atomic E-state index is -4.01. The number of carbonyl (C=O) groups is 3. The monoisotopic (exact) mass is 477 g/mol. The Kier molecular flexibility index (Phi) is 7.20.